The van der Waals surface area contributed by atoms with E-state index < -0.39 is 0 Å². The van der Waals surface area contributed by atoms with Gasteiger partial charge in [-0.3, -0.25) is 0 Å². The van der Waals surface area contributed by atoms with Crippen molar-refractivity contribution in [2.24, 2.45) is 11.8 Å². The first kappa shape index (κ1) is 15.3. The van der Waals surface area contributed by atoms with Crippen LogP contribution in [0.25, 0.3) is 0 Å². The van der Waals surface area contributed by atoms with Crippen molar-refractivity contribution < 1.29 is 0 Å². The van der Waals surface area contributed by atoms with Gasteiger partial charge in [-0.25, -0.2) is 0 Å². The minimum absolute atomic E-state index is 0.778. The van der Waals surface area contributed by atoms with Crippen LogP contribution >= 0.6 is 0 Å². The van der Waals surface area contributed by atoms with E-state index in [1.165, 1.54) is 78.0 Å². The van der Waals surface area contributed by atoms with Crippen LogP contribution in [0.2, 0.25) is 0 Å². The van der Waals surface area contributed by atoms with E-state index in [0.717, 1.165) is 11.8 Å². The number of nitrogens with one attached hydrogen (secondary N) is 1. The molecule has 0 aromatic rings. The molecule has 2 rings (SSSR count). The van der Waals surface area contributed by atoms with E-state index in [-0.39, 0.29) is 0 Å². The summed E-state index contributed by atoms with van der Waals surface area (Å²) in [6.45, 7) is 14.9. The largest absolute Gasteiger partial charge is 0.316 e. The Hall–Kier alpha value is -0.120. The lowest BCUT2D eigenvalue weighted by atomic mass is 9.96. The van der Waals surface area contributed by atoms with Crippen LogP contribution in [0.3, 0.4) is 0 Å². The SMILES string of the molecule is CC(C)CNCC1CCN(CCN2CCCC2)CC1. The van der Waals surface area contributed by atoms with Gasteiger partial charge >= 0.3 is 0 Å². The molecule has 2 saturated heterocycles. The second kappa shape index (κ2) is 8.23. The first-order valence-corrected chi connectivity index (χ1v) is 8.39. The summed E-state index contributed by atoms with van der Waals surface area (Å²) < 4.78 is 0. The van der Waals surface area contributed by atoms with Gasteiger partial charge in [0.1, 0.15) is 0 Å². The maximum absolute atomic E-state index is 3.62. The van der Waals surface area contributed by atoms with Crippen molar-refractivity contribution in [3.05, 3.63) is 0 Å². The molecule has 0 radical (unpaired) electrons. The van der Waals surface area contributed by atoms with Crippen LogP contribution in [0.1, 0.15) is 39.5 Å². The fourth-order valence-corrected chi connectivity index (χ4v) is 3.28. The van der Waals surface area contributed by atoms with Gasteiger partial charge in [-0.1, -0.05) is 13.8 Å². The number of hydrogen-bond donors (Lipinski definition) is 1. The average Bonchev–Trinajstić information content (AvgIpc) is 2.90. The number of hydrogen-bond acceptors (Lipinski definition) is 3. The lowest BCUT2D eigenvalue weighted by molar-refractivity contribution is 0.162. The lowest BCUT2D eigenvalue weighted by Crippen LogP contribution is -2.41. The van der Waals surface area contributed by atoms with Gasteiger partial charge in [0.05, 0.1) is 0 Å². The van der Waals surface area contributed by atoms with E-state index >= 15 is 0 Å². The maximum Gasteiger partial charge on any atom is 0.0109 e. The molecule has 0 aliphatic carbocycles. The van der Waals surface area contributed by atoms with Crippen molar-refractivity contribution in [1.82, 2.24) is 15.1 Å². The zero-order chi connectivity index (χ0) is 13.5. The number of rotatable bonds is 7. The van der Waals surface area contributed by atoms with Crippen molar-refractivity contribution in [2.45, 2.75) is 39.5 Å². The van der Waals surface area contributed by atoms with E-state index in [9.17, 15) is 0 Å². The minimum Gasteiger partial charge on any atom is -0.316 e. The van der Waals surface area contributed by atoms with E-state index in [1.54, 1.807) is 0 Å². The molecule has 0 saturated carbocycles. The topological polar surface area (TPSA) is 18.5 Å². The predicted molar refractivity (Wildman–Crippen MR) is 82.5 cm³/mol. The van der Waals surface area contributed by atoms with Crippen LogP contribution in [0, 0.1) is 11.8 Å². The smallest absolute Gasteiger partial charge is 0.0109 e. The van der Waals surface area contributed by atoms with Gasteiger partial charge in [-0.05, 0) is 76.8 Å². The van der Waals surface area contributed by atoms with Crippen molar-refractivity contribution in [2.75, 3.05) is 52.4 Å². The van der Waals surface area contributed by atoms with E-state index in [2.05, 4.69) is 29.0 Å². The first-order chi connectivity index (χ1) is 9.24. The normalized spacial score (nSPS) is 23.5. The molecule has 1 N–H and O–H groups in total. The fraction of sp³-hybridized carbons (Fsp3) is 1.00. The van der Waals surface area contributed by atoms with E-state index in [1.807, 2.05) is 0 Å². The summed E-state index contributed by atoms with van der Waals surface area (Å²) in [5.74, 6) is 1.70. The van der Waals surface area contributed by atoms with Gasteiger partial charge in [0, 0.05) is 13.1 Å². The Morgan fingerprint density at radius 3 is 2.11 bits per heavy atom. The van der Waals surface area contributed by atoms with Crippen LogP contribution in [-0.2, 0) is 0 Å². The van der Waals surface area contributed by atoms with Gasteiger partial charge in [0.25, 0.3) is 0 Å². The Balaban J connectivity index is 1.52. The summed E-state index contributed by atoms with van der Waals surface area (Å²) in [5, 5.41) is 3.62. The number of likely N-dealkylation sites (tertiary alicyclic amines) is 2. The molecule has 112 valence electrons. The molecule has 0 atom stereocenters. The fourth-order valence-electron chi connectivity index (χ4n) is 3.28. The zero-order valence-electron chi connectivity index (χ0n) is 13.0. The van der Waals surface area contributed by atoms with Gasteiger partial charge in [-0.15, -0.1) is 0 Å². The van der Waals surface area contributed by atoms with E-state index in [4.69, 9.17) is 0 Å². The second-order valence-corrected chi connectivity index (χ2v) is 6.89. The molecular formula is C16H33N3. The molecule has 2 aliphatic heterocycles. The lowest BCUT2D eigenvalue weighted by Gasteiger charge is -2.33. The molecule has 3 heteroatoms. The summed E-state index contributed by atoms with van der Waals surface area (Å²) in [6.07, 6.45) is 5.63. The molecule has 0 spiro atoms. The molecule has 0 unspecified atom stereocenters. The Morgan fingerprint density at radius 2 is 1.53 bits per heavy atom. The molecular weight excluding hydrogens is 234 g/mol. The average molecular weight is 267 g/mol. The van der Waals surface area contributed by atoms with Crippen molar-refractivity contribution in [1.29, 1.82) is 0 Å². The van der Waals surface area contributed by atoms with Gasteiger partial charge in [0.15, 0.2) is 0 Å². The maximum atomic E-state index is 3.62. The van der Waals surface area contributed by atoms with Crippen molar-refractivity contribution in [3.8, 4) is 0 Å². The van der Waals surface area contributed by atoms with Crippen molar-refractivity contribution >= 4 is 0 Å². The molecule has 3 nitrogen and oxygen atoms in total. The highest BCUT2D eigenvalue weighted by atomic mass is 15.2. The quantitative estimate of drug-likeness (QED) is 0.761. The molecule has 0 amide bonds. The summed E-state index contributed by atoms with van der Waals surface area (Å²) in [4.78, 5) is 5.31. The highest BCUT2D eigenvalue weighted by Gasteiger charge is 2.20. The Labute approximate surface area is 119 Å². The highest BCUT2D eigenvalue weighted by Crippen LogP contribution is 2.16. The summed E-state index contributed by atoms with van der Waals surface area (Å²) in [7, 11) is 0. The van der Waals surface area contributed by atoms with Crippen LogP contribution in [0.15, 0.2) is 0 Å². The summed E-state index contributed by atoms with van der Waals surface area (Å²) in [6, 6.07) is 0. The molecule has 19 heavy (non-hydrogen) atoms. The Kier molecular flexibility index (Phi) is 6.62. The standard InChI is InChI=1S/C16H33N3/c1-15(2)13-17-14-16-5-9-19(10-6-16)12-11-18-7-3-4-8-18/h15-17H,3-14H2,1-2H3. The Bertz CT molecular complexity index is 228. The summed E-state index contributed by atoms with van der Waals surface area (Å²) >= 11 is 0. The molecule has 0 aromatic carbocycles. The number of nitrogens with zero attached hydrogens (tertiary/aromatic N) is 2. The molecule has 2 heterocycles. The first-order valence-electron chi connectivity index (χ1n) is 8.39. The molecule has 2 fully saturated rings. The number of piperidine rings is 1. The Morgan fingerprint density at radius 1 is 0.947 bits per heavy atom. The third kappa shape index (κ3) is 5.80. The predicted octanol–water partition coefficient (Wildman–Crippen LogP) is 2.04. The van der Waals surface area contributed by atoms with Gasteiger partial charge in [0.2, 0.25) is 0 Å². The van der Waals surface area contributed by atoms with Crippen LogP contribution in [0.5, 0.6) is 0 Å². The van der Waals surface area contributed by atoms with Gasteiger partial charge in [-0.2, -0.15) is 0 Å². The minimum atomic E-state index is 0.778. The van der Waals surface area contributed by atoms with Crippen molar-refractivity contribution in [3.63, 3.8) is 0 Å². The van der Waals surface area contributed by atoms with Gasteiger partial charge < -0.3 is 15.1 Å². The van der Waals surface area contributed by atoms with Crippen LogP contribution in [0.4, 0.5) is 0 Å². The van der Waals surface area contributed by atoms with Crippen LogP contribution in [-0.4, -0.2) is 62.2 Å². The third-order valence-corrected chi connectivity index (χ3v) is 4.62. The van der Waals surface area contributed by atoms with E-state index in [0.29, 0.717) is 0 Å². The molecule has 0 aromatic heterocycles. The molecule has 0 bridgehead atoms. The highest BCUT2D eigenvalue weighted by molar-refractivity contribution is 4.76. The second-order valence-electron chi connectivity index (χ2n) is 6.89. The third-order valence-electron chi connectivity index (χ3n) is 4.62. The van der Waals surface area contributed by atoms with Crippen LogP contribution < -0.4 is 5.32 Å². The molecule has 2 aliphatic rings. The zero-order valence-corrected chi connectivity index (χ0v) is 13.0. The monoisotopic (exact) mass is 267 g/mol. The summed E-state index contributed by atoms with van der Waals surface area (Å²) in [5.41, 5.74) is 0.